The number of thiazole rings is 1. The van der Waals surface area contributed by atoms with E-state index in [-0.39, 0.29) is 0 Å². The minimum Gasteiger partial charge on any atom is -0.236 e. The van der Waals surface area contributed by atoms with Crippen LogP contribution in [-0.2, 0) is 0 Å². The molecule has 0 aliphatic rings. The number of nitrogens with zero attached hydrogens (tertiary/aromatic N) is 3. The Balaban J connectivity index is 2.03. The van der Waals surface area contributed by atoms with Crippen LogP contribution in [0.3, 0.4) is 0 Å². The largest absolute Gasteiger partial charge is 0.236 e. The van der Waals surface area contributed by atoms with E-state index in [0.29, 0.717) is 0 Å². The first-order valence-electron chi connectivity index (χ1n) is 5.98. The van der Waals surface area contributed by atoms with Gasteiger partial charge in [0.15, 0.2) is 0 Å². The fourth-order valence-electron chi connectivity index (χ4n) is 2.16. The van der Waals surface area contributed by atoms with E-state index in [1.807, 2.05) is 36.4 Å². The first-order chi connectivity index (χ1) is 9.42. The lowest BCUT2D eigenvalue weighted by molar-refractivity contribution is 1.08. The Labute approximate surface area is 113 Å². The van der Waals surface area contributed by atoms with Crippen LogP contribution in [0.4, 0.5) is 0 Å². The second-order valence-electron chi connectivity index (χ2n) is 4.26. The summed E-state index contributed by atoms with van der Waals surface area (Å²) in [5, 5.41) is 10.3. The molecule has 0 amide bonds. The van der Waals surface area contributed by atoms with E-state index in [4.69, 9.17) is 0 Å². The molecule has 2 heterocycles. The molecule has 0 bridgehead atoms. The maximum absolute atomic E-state index is 4.68. The summed E-state index contributed by atoms with van der Waals surface area (Å²) in [7, 11) is 0. The van der Waals surface area contributed by atoms with Gasteiger partial charge >= 0.3 is 0 Å². The standard InChI is InChI=1S/C15H9N3S/c1-2-6-12-10(5-1)11(9-16-18-12)15-17-13-7-3-4-8-14(13)19-15/h1-9H. The smallest absolute Gasteiger partial charge is 0.126 e. The van der Waals surface area contributed by atoms with Gasteiger partial charge in [-0.3, -0.25) is 0 Å². The predicted octanol–water partition coefficient (Wildman–Crippen LogP) is 3.91. The Morgan fingerprint density at radius 2 is 1.63 bits per heavy atom. The minimum absolute atomic E-state index is 0.902. The Morgan fingerprint density at radius 1 is 0.842 bits per heavy atom. The number of hydrogen-bond acceptors (Lipinski definition) is 4. The molecule has 0 aliphatic heterocycles. The molecule has 0 fully saturated rings. The highest BCUT2D eigenvalue weighted by Gasteiger charge is 2.10. The molecule has 0 radical (unpaired) electrons. The van der Waals surface area contributed by atoms with Crippen LogP contribution in [0.15, 0.2) is 54.7 Å². The topological polar surface area (TPSA) is 38.7 Å². The second kappa shape index (κ2) is 4.10. The van der Waals surface area contributed by atoms with Gasteiger partial charge in [0, 0.05) is 10.9 Å². The summed E-state index contributed by atoms with van der Waals surface area (Å²) in [5.41, 5.74) is 2.98. The number of rotatable bonds is 1. The summed E-state index contributed by atoms with van der Waals surface area (Å²) >= 11 is 1.69. The summed E-state index contributed by atoms with van der Waals surface area (Å²) < 4.78 is 1.19. The minimum atomic E-state index is 0.902. The zero-order valence-electron chi connectivity index (χ0n) is 9.95. The number of hydrogen-bond donors (Lipinski definition) is 0. The normalized spacial score (nSPS) is 11.2. The van der Waals surface area contributed by atoms with Gasteiger partial charge in [-0.05, 0) is 18.2 Å². The van der Waals surface area contributed by atoms with E-state index in [1.54, 1.807) is 17.5 Å². The Morgan fingerprint density at radius 3 is 2.53 bits per heavy atom. The predicted molar refractivity (Wildman–Crippen MR) is 78.2 cm³/mol. The molecule has 4 aromatic rings. The number of benzene rings is 2. The van der Waals surface area contributed by atoms with E-state index in [9.17, 15) is 0 Å². The van der Waals surface area contributed by atoms with Gasteiger partial charge in [-0.15, -0.1) is 11.3 Å². The molecule has 4 heteroatoms. The van der Waals surface area contributed by atoms with Crippen LogP contribution in [0.25, 0.3) is 31.7 Å². The van der Waals surface area contributed by atoms with Crippen molar-refractivity contribution < 1.29 is 0 Å². The van der Waals surface area contributed by atoms with Crippen molar-refractivity contribution in [2.75, 3.05) is 0 Å². The van der Waals surface area contributed by atoms with E-state index in [1.165, 1.54) is 4.70 Å². The Hall–Kier alpha value is -2.33. The number of para-hydroxylation sites is 1. The van der Waals surface area contributed by atoms with Crippen molar-refractivity contribution in [1.29, 1.82) is 0 Å². The van der Waals surface area contributed by atoms with Gasteiger partial charge in [-0.2, -0.15) is 10.2 Å². The lowest BCUT2D eigenvalue weighted by atomic mass is 10.1. The molecule has 0 saturated carbocycles. The van der Waals surface area contributed by atoms with Crippen molar-refractivity contribution in [2.24, 2.45) is 0 Å². The van der Waals surface area contributed by atoms with Gasteiger partial charge in [0.1, 0.15) is 5.01 Å². The fourth-order valence-corrected chi connectivity index (χ4v) is 3.15. The van der Waals surface area contributed by atoms with Gasteiger partial charge in [0.05, 0.1) is 21.9 Å². The highest BCUT2D eigenvalue weighted by Crippen LogP contribution is 2.33. The highest BCUT2D eigenvalue weighted by atomic mass is 32.1. The number of aromatic nitrogens is 3. The van der Waals surface area contributed by atoms with Crippen LogP contribution in [0.1, 0.15) is 0 Å². The SMILES string of the molecule is c1ccc2sc(-c3cnnc4ccccc34)nc2c1. The van der Waals surface area contributed by atoms with Crippen molar-refractivity contribution in [2.45, 2.75) is 0 Å². The molecule has 0 saturated heterocycles. The van der Waals surface area contributed by atoms with E-state index >= 15 is 0 Å². The lowest BCUT2D eigenvalue weighted by Gasteiger charge is -2.00. The van der Waals surface area contributed by atoms with Crippen molar-refractivity contribution in [3.8, 4) is 10.6 Å². The molecule has 90 valence electrons. The fraction of sp³-hybridized carbons (Fsp3) is 0. The van der Waals surface area contributed by atoms with Crippen LogP contribution in [0, 0.1) is 0 Å². The molecule has 0 N–H and O–H groups in total. The third kappa shape index (κ3) is 1.69. The summed E-state index contributed by atoms with van der Waals surface area (Å²) in [6, 6.07) is 16.2. The van der Waals surface area contributed by atoms with Gasteiger partial charge in [-0.1, -0.05) is 30.3 Å². The summed E-state index contributed by atoms with van der Waals surface area (Å²) in [6.45, 7) is 0. The van der Waals surface area contributed by atoms with Crippen LogP contribution in [0.5, 0.6) is 0 Å². The maximum atomic E-state index is 4.68. The van der Waals surface area contributed by atoms with Crippen molar-refractivity contribution in [3.05, 3.63) is 54.7 Å². The van der Waals surface area contributed by atoms with E-state index in [0.717, 1.165) is 27.0 Å². The van der Waals surface area contributed by atoms with Crippen molar-refractivity contribution in [1.82, 2.24) is 15.2 Å². The molecule has 0 aliphatic carbocycles. The third-order valence-electron chi connectivity index (χ3n) is 3.07. The average Bonchev–Trinajstić information content (AvgIpc) is 2.90. The second-order valence-corrected chi connectivity index (χ2v) is 5.29. The summed E-state index contributed by atoms with van der Waals surface area (Å²) in [4.78, 5) is 4.68. The molecule has 3 nitrogen and oxygen atoms in total. The molecule has 0 spiro atoms. The Kier molecular flexibility index (Phi) is 2.28. The van der Waals surface area contributed by atoms with Crippen molar-refractivity contribution >= 4 is 32.5 Å². The molecule has 4 rings (SSSR count). The highest BCUT2D eigenvalue weighted by molar-refractivity contribution is 7.21. The first-order valence-corrected chi connectivity index (χ1v) is 6.80. The summed E-state index contributed by atoms with van der Waals surface area (Å²) in [6.07, 6.45) is 1.79. The molecule has 0 atom stereocenters. The molecule has 19 heavy (non-hydrogen) atoms. The van der Waals surface area contributed by atoms with Crippen molar-refractivity contribution in [3.63, 3.8) is 0 Å². The number of fused-ring (bicyclic) bond motifs is 2. The van der Waals surface area contributed by atoms with Gasteiger partial charge in [0.25, 0.3) is 0 Å². The van der Waals surface area contributed by atoms with Crippen LogP contribution in [-0.4, -0.2) is 15.2 Å². The van der Waals surface area contributed by atoms with E-state index < -0.39 is 0 Å². The molecular formula is C15H9N3S. The maximum Gasteiger partial charge on any atom is 0.126 e. The average molecular weight is 263 g/mol. The first kappa shape index (κ1) is 10.6. The van der Waals surface area contributed by atoms with E-state index in [2.05, 4.69) is 27.3 Å². The molecule has 2 aromatic heterocycles. The van der Waals surface area contributed by atoms with Crippen LogP contribution >= 0.6 is 11.3 Å². The molecular weight excluding hydrogens is 254 g/mol. The van der Waals surface area contributed by atoms with Gasteiger partial charge in [-0.25, -0.2) is 4.98 Å². The van der Waals surface area contributed by atoms with Crippen LogP contribution in [0.2, 0.25) is 0 Å². The van der Waals surface area contributed by atoms with Gasteiger partial charge in [0.2, 0.25) is 0 Å². The van der Waals surface area contributed by atoms with Gasteiger partial charge < -0.3 is 0 Å². The lowest BCUT2D eigenvalue weighted by Crippen LogP contribution is -1.86. The quantitative estimate of drug-likeness (QED) is 0.522. The monoisotopic (exact) mass is 263 g/mol. The third-order valence-corrected chi connectivity index (χ3v) is 4.14. The summed E-state index contributed by atoms with van der Waals surface area (Å²) in [5.74, 6) is 0. The molecule has 0 unspecified atom stereocenters. The zero-order valence-corrected chi connectivity index (χ0v) is 10.8. The molecule has 2 aromatic carbocycles. The zero-order chi connectivity index (χ0) is 12.7. The van der Waals surface area contributed by atoms with Crippen LogP contribution < -0.4 is 0 Å². The Bertz CT molecular complexity index is 844.